The molecule has 0 aliphatic carbocycles. The Morgan fingerprint density at radius 2 is 2.04 bits per heavy atom. The van der Waals surface area contributed by atoms with Gasteiger partial charge in [0.1, 0.15) is 4.90 Å². The third-order valence-electron chi connectivity index (χ3n) is 4.70. The number of nitrogens with zero attached hydrogens (tertiary/aromatic N) is 3. The van der Waals surface area contributed by atoms with Crippen LogP contribution >= 0.6 is 11.3 Å². The highest BCUT2D eigenvalue weighted by atomic mass is 32.2. The molecule has 0 amide bonds. The first-order valence-corrected chi connectivity index (χ1v) is 10.2. The van der Waals surface area contributed by atoms with E-state index < -0.39 is 10.0 Å². The minimum Gasteiger partial charge on any atom is -0.261 e. The SMILES string of the molecule is O=S(=O)(c1csc2ccccc12)N1CCc2c(cnc3[nH]ncc23)C1. The molecule has 0 spiro atoms. The van der Waals surface area contributed by atoms with Gasteiger partial charge in [0, 0.05) is 40.1 Å². The van der Waals surface area contributed by atoms with Gasteiger partial charge in [-0.3, -0.25) is 5.10 Å². The fourth-order valence-electron chi connectivity index (χ4n) is 3.43. The van der Waals surface area contributed by atoms with Gasteiger partial charge in [-0.25, -0.2) is 13.4 Å². The highest BCUT2D eigenvalue weighted by Crippen LogP contribution is 2.34. The van der Waals surface area contributed by atoms with Crippen molar-refractivity contribution in [2.75, 3.05) is 6.54 Å². The minimum absolute atomic E-state index is 0.343. The van der Waals surface area contributed by atoms with E-state index in [-0.39, 0.29) is 0 Å². The van der Waals surface area contributed by atoms with E-state index >= 15 is 0 Å². The Labute approximate surface area is 148 Å². The Morgan fingerprint density at radius 1 is 1.16 bits per heavy atom. The summed E-state index contributed by atoms with van der Waals surface area (Å²) >= 11 is 1.46. The molecule has 6 nitrogen and oxygen atoms in total. The van der Waals surface area contributed by atoms with Gasteiger partial charge in [0.05, 0.1) is 6.20 Å². The van der Waals surface area contributed by atoms with E-state index in [1.54, 1.807) is 22.1 Å². The summed E-state index contributed by atoms with van der Waals surface area (Å²) in [6.45, 7) is 0.805. The molecule has 0 radical (unpaired) electrons. The number of thiophene rings is 1. The number of pyridine rings is 1. The van der Waals surface area contributed by atoms with Gasteiger partial charge in [-0.05, 0) is 23.6 Å². The van der Waals surface area contributed by atoms with Crippen LogP contribution in [0.15, 0.2) is 46.9 Å². The molecule has 1 aliphatic rings. The number of aromatic nitrogens is 3. The van der Waals surface area contributed by atoms with Gasteiger partial charge in [0.15, 0.2) is 5.65 Å². The van der Waals surface area contributed by atoms with Crippen molar-refractivity contribution in [3.05, 3.63) is 53.2 Å². The van der Waals surface area contributed by atoms with Gasteiger partial charge in [-0.15, -0.1) is 11.3 Å². The van der Waals surface area contributed by atoms with Crippen LogP contribution in [0.4, 0.5) is 0 Å². The second kappa shape index (κ2) is 5.35. The highest BCUT2D eigenvalue weighted by Gasteiger charge is 2.31. The van der Waals surface area contributed by atoms with Crippen molar-refractivity contribution >= 4 is 42.5 Å². The van der Waals surface area contributed by atoms with Gasteiger partial charge in [-0.1, -0.05) is 18.2 Å². The van der Waals surface area contributed by atoms with Gasteiger partial charge in [-0.2, -0.15) is 9.40 Å². The lowest BCUT2D eigenvalue weighted by atomic mass is 10.0. The van der Waals surface area contributed by atoms with Crippen LogP contribution in [-0.2, 0) is 23.0 Å². The van der Waals surface area contributed by atoms with E-state index in [0.29, 0.717) is 24.4 Å². The quantitative estimate of drug-likeness (QED) is 0.588. The maximum absolute atomic E-state index is 13.2. The molecule has 0 bridgehead atoms. The average Bonchev–Trinajstić information content (AvgIpc) is 3.28. The molecule has 1 N–H and O–H groups in total. The molecule has 0 fully saturated rings. The average molecular weight is 370 g/mol. The number of benzene rings is 1. The topological polar surface area (TPSA) is 79.0 Å². The molecule has 5 rings (SSSR count). The maximum atomic E-state index is 13.2. The molecule has 0 saturated heterocycles. The first kappa shape index (κ1) is 15.0. The molecule has 8 heteroatoms. The van der Waals surface area contributed by atoms with Crippen LogP contribution in [0.2, 0.25) is 0 Å². The van der Waals surface area contributed by atoms with E-state index in [1.807, 2.05) is 24.3 Å². The third-order valence-corrected chi connectivity index (χ3v) is 7.70. The molecule has 25 heavy (non-hydrogen) atoms. The summed E-state index contributed by atoms with van der Waals surface area (Å²) in [6, 6.07) is 7.62. The fraction of sp³-hybridized carbons (Fsp3) is 0.176. The summed E-state index contributed by atoms with van der Waals surface area (Å²) < 4.78 is 28.9. The van der Waals surface area contributed by atoms with Crippen LogP contribution in [0, 0.1) is 0 Å². The molecule has 4 aromatic rings. The zero-order valence-corrected chi connectivity index (χ0v) is 14.8. The maximum Gasteiger partial charge on any atom is 0.244 e. The molecule has 0 saturated carbocycles. The van der Waals surface area contributed by atoms with Crippen molar-refractivity contribution in [2.45, 2.75) is 17.9 Å². The summed E-state index contributed by atoms with van der Waals surface area (Å²) in [5.41, 5.74) is 2.84. The molecule has 3 aromatic heterocycles. The van der Waals surface area contributed by atoms with Crippen LogP contribution in [-0.4, -0.2) is 34.4 Å². The molecular weight excluding hydrogens is 356 g/mol. The number of hydrogen-bond acceptors (Lipinski definition) is 5. The van der Waals surface area contributed by atoms with E-state index in [9.17, 15) is 8.42 Å². The Hall–Kier alpha value is -2.29. The zero-order valence-electron chi connectivity index (χ0n) is 13.1. The van der Waals surface area contributed by atoms with Crippen molar-refractivity contribution in [2.24, 2.45) is 0 Å². The first-order chi connectivity index (χ1) is 12.1. The predicted octanol–water partition coefficient (Wildman–Crippen LogP) is 2.92. The predicted molar refractivity (Wildman–Crippen MR) is 97.0 cm³/mol. The number of H-pyrrole nitrogens is 1. The number of nitrogens with one attached hydrogen (secondary N) is 1. The normalized spacial score (nSPS) is 15.7. The Kier molecular flexibility index (Phi) is 3.21. The van der Waals surface area contributed by atoms with E-state index in [2.05, 4.69) is 15.2 Å². The zero-order chi connectivity index (χ0) is 17.0. The summed E-state index contributed by atoms with van der Waals surface area (Å²) in [5, 5.41) is 10.4. The summed E-state index contributed by atoms with van der Waals surface area (Å²) in [7, 11) is -3.54. The second-order valence-corrected chi connectivity index (χ2v) is 8.90. The van der Waals surface area contributed by atoms with Gasteiger partial charge in [0.25, 0.3) is 0 Å². The number of hydrogen-bond donors (Lipinski definition) is 1. The standard InChI is InChI=1S/C17H14N4O2S2/c22-25(23,16-10-24-15-4-2-1-3-13(15)16)21-6-5-12-11(9-21)7-18-17-14(12)8-19-20-17/h1-4,7-8,10H,5-6,9H2,(H,18,19,20). The number of aromatic amines is 1. The monoisotopic (exact) mass is 370 g/mol. The van der Waals surface area contributed by atoms with E-state index in [1.165, 1.54) is 11.3 Å². The van der Waals surface area contributed by atoms with Gasteiger partial charge < -0.3 is 0 Å². The lowest BCUT2D eigenvalue weighted by Gasteiger charge is -2.28. The molecular formula is C17H14N4O2S2. The Bertz CT molecular complexity index is 1210. The number of rotatable bonds is 2. The van der Waals surface area contributed by atoms with Crippen LogP contribution in [0.25, 0.3) is 21.1 Å². The van der Waals surface area contributed by atoms with Gasteiger partial charge >= 0.3 is 0 Å². The molecule has 1 aliphatic heterocycles. The van der Waals surface area contributed by atoms with Gasteiger partial charge in [0.2, 0.25) is 10.0 Å². The molecule has 0 unspecified atom stereocenters. The Morgan fingerprint density at radius 3 is 2.96 bits per heavy atom. The third kappa shape index (κ3) is 2.21. The lowest BCUT2D eigenvalue weighted by molar-refractivity contribution is 0.392. The summed E-state index contributed by atoms with van der Waals surface area (Å²) in [6.07, 6.45) is 4.18. The smallest absolute Gasteiger partial charge is 0.244 e. The van der Waals surface area contributed by atoms with Crippen molar-refractivity contribution in [3.8, 4) is 0 Å². The summed E-state index contributed by atoms with van der Waals surface area (Å²) in [4.78, 5) is 4.74. The van der Waals surface area contributed by atoms with Crippen LogP contribution in [0.1, 0.15) is 11.1 Å². The number of fused-ring (bicyclic) bond motifs is 4. The van der Waals surface area contributed by atoms with Crippen molar-refractivity contribution in [3.63, 3.8) is 0 Å². The fourth-order valence-corrected chi connectivity index (χ4v) is 6.32. The van der Waals surface area contributed by atoms with Crippen molar-refractivity contribution < 1.29 is 8.42 Å². The second-order valence-electron chi connectivity index (χ2n) is 6.08. The first-order valence-electron chi connectivity index (χ1n) is 7.91. The van der Waals surface area contributed by atoms with Crippen molar-refractivity contribution in [1.29, 1.82) is 0 Å². The van der Waals surface area contributed by atoms with Crippen LogP contribution in [0.5, 0.6) is 0 Å². The summed E-state index contributed by atoms with van der Waals surface area (Å²) in [5.74, 6) is 0. The Balaban J connectivity index is 1.57. The minimum atomic E-state index is -3.54. The lowest BCUT2D eigenvalue weighted by Crippen LogP contribution is -2.36. The number of sulfonamides is 1. The van der Waals surface area contributed by atoms with Crippen LogP contribution < -0.4 is 0 Å². The largest absolute Gasteiger partial charge is 0.261 e. The molecule has 0 atom stereocenters. The molecule has 126 valence electrons. The van der Waals surface area contributed by atoms with E-state index in [4.69, 9.17) is 0 Å². The molecule has 4 heterocycles. The van der Waals surface area contributed by atoms with E-state index in [0.717, 1.165) is 32.2 Å². The van der Waals surface area contributed by atoms with Crippen LogP contribution in [0.3, 0.4) is 0 Å². The van der Waals surface area contributed by atoms with Crippen molar-refractivity contribution in [1.82, 2.24) is 19.5 Å². The molecule has 1 aromatic carbocycles. The highest BCUT2D eigenvalue weighted by molar-refractivity contribution is 7.89.